The molecule has 3 aromatic rings. The first kappa shape index (κ1) is 22.6. The van der Waals surface area contributed by atoms with E-state index in [-0.39, 0.29) is 36.8 Å². The number of amides is 1. The predicted molar refractivity (Wildman–Crippen MR) is 120 cm³/mol. The molecule has 1 aliphatic carbocycles. The summed E-state index contributed by atoms with van der Waals surface area (Å²) in [5, 5.41) is 3.84. The van der Waals surface area contributed by atoms with Crippen molar-refractivity contribution in [1.29, 1.82) is 0 Å². The third kappa shape index (κ3) is 5.41. The number of benzene rings is 2. The average molecular weight is 439 g/mol. The van der Waals surface area contributed by atoms with Crippen LogP contribution in [0, 0.1) is 5.92 Å². The molecule has 1 fully saturated rings. The van der Waals surface area contributed by atoms with Crippen molar-refractivity contribution in [2.24, 2.45) is 11.7 Å². The molecule has 1 amide bonds. The largest absolute Gasteiger partial charge is 0.350 e. The van der Waals surface area contributed by atoms with Crippen molar-refractivity contribution in [2.75, 3.05) is 6.54 Å². The molecule has 150 valence electrons. The maximum Gasteiger partial charge on any atom is 0.251 e. The number of thioether (sulfide) groups is 1. The van der Waals surface area contributed by atoms with E-state index < -0.39 is 0 Å². The van der Waals surface area contributed by atoms with Crippen LogP contribution in [-0.4, -0.2) is 28.5 Å². The molecule has 1 atom stereocenters. The monoisotopic (exact) mass is 438 g/mol. The molecule has 1 saturated carbocycles. The molecule has 0 bridgehead atoms. The molecule has 5 nitrogen and oxygen atoms in total. The number of aromatic amines is 1. The SMILES string of the molecule is Cl.Cl.NC(CNC(=O)c1ccccc1CSc1nc2ccccc2[nH]1)C1CC1. The van der Waals surface area contributed by atoms with Gasteiger partial charge >= 0.3 is 0 Å². The lowest BCUT2D eigenvalue weighted by atomic mass is 10.1. The molecule has 4 N–H and O–H groups in total. The molecule has 8 heteroatoms. The maximum atomic E-state index is 12.6. The minimum absolute atomic E-state index is 0. The number of H-pyrrole nitrogens is 1. The third-order valence-corrected chi connectivity index (χ3v) is 5.64. The van der Waals surface area contributed by atoms with Gasteiger partial charge < -0.3 is 16.0 Å². The summed E-state index contributed by atoms with van der Waals surface area (Å²) in [5.41, 5.74) is 9.76. The van der Waals surface area contributed by atoms with Crippen LogP contribution in [0.25, 0.3) is 11.0 Å². The van der Waals surface area contributed by atoms with Crippen molar-refractivity contribution < 1.29 is 4.79 Å². The van der Waals surface area contributed by atoms with Crippen molar-refractivity contribution in [3.63, 3.8) is 0 Å². The van der Waals surface area contributed by atoms with Gasteiger partial charge in [-0.2, -0.15) is 0 Å². The van der Waals surface area contributed by atoms with E-state index in [1.807, 2.05) is 48.5 Å². The highest BCUT2D eigenvalue weighted by Gasteiger charge is 2.28. The Labute approximate surface area is 181 Å². The second-order valence-electron chi connectivity index (χ2n) is 6.72. The first-order valence-corrected chi connectivity index (χ1v) is 9.88. The van der Waals surface area contributed by atoms with Gasteiger partial charge in [-0.15, -0.1) is 24.8 Å². The van der Waals surface area contributed by atoms with Gasteiger partial charge in [0.2, 0.25) is 0 Å². The van der Waals surface area contributed by atoms with Crippen LogP contribution in [0.1, 0.15) is 28.8 Å². The molecule has 0 spiro atoms. The summed E-state index contributed by atoms with van der Waals surface area (Å²) < 4.78 is 0. The van der Waals surface area contributed by atoms with Crippen LogP contribution in [0.3, 0.4) is 0 Å². The number of nitrogens with two attached hydrogens (primary N) is 1. The normalized spacial score (nSPS) is 14.0. The van der Waals surface area contributed by atoms with Gasteiger partial charge in [0.05, 0.1) is 11.0 Å². The summed E-state index contributed by atoms with van der Waals surface area (Å²) in [4.78, 5) is 20.5. The van der Waals surface area contributed by atoms with E-state index >= 15 is 0 Å². The van der Waals surface area contributed by atoms with Gasteiger partial charge in [-0.05, 0) is 42.5 Å². The molecule has 0 radical (unpaired) electrons. The van der Waals surface area contributed by atoms with Gasteiger partial charge in [0.1, 0.15) is 0 Å². The Hall–Kier alpha value is -1.73. The quantitative estimate of drug-likeness (QED) is 0.483. The molecule has 0 saturated heterocycles. The van der Waals surface area contributed by atoms with Crippen molar-refractivity contribution in [2.45, 2.75) is 29.8 Å². The summed E-state index contributed by atoms with van der Waals surface area (Å²) in [6, 6.07) is 15.7. The van der Waals surface area contributed by atoms with Crippen molar-refractivity contribution in [3.8, 4) is 0 Å². The molecule has 2 aromatic carbocycles. The third-order valence-electron chi connectivity index (χ3n) is 4.72. The highest BCUT2D eigenvalue weighted by Crippen LogP contribution is 2.31. The predicted octanol–water partition coefficient (Wildman–Crippen LogP) is 4.17. The molecule has 1 unspecified atom stereocenters. The second-order valence-corrected chi connectivity index (χ2v) is 7.68. The zero-order valence-corrected chi connectivity index (χ0v) is 17.7. The van der Waals surface area contributed by atoms with E-state index in [0.717, 1.165) is 21.8 Å². The molecule has 1 heterocycles. The van der Waals surface area contributed by atoms with Crippen LogP contribution < -0.4 is 11.1 Å². The van der Waals surface area contributed by atoms with E-state index in [1.54, 1.807) is 11.8 Å². The first-order chi connectivity index (χ1) is 12.7. The smallest absolute Gasteiger partial charge is 0.251 e. The Morgan fingerprint density at radius 1 is 1.18 bits per heavy atom. The lowest BCUT2D eigenvalue weighted by Gasteiger charge is -2.13. The second kappa shape index (κ2) is 10.2. The number of rotatable bonds is 7. The van der Waals surface area contributed by atoms with Crippen LogP contribution >= 0.6 is 36.6 Å². The summed E-state index contributed by atoms with van der Waals surface area (Å²) in [5.74, 6) is 1.20. The number of fused-ring (bicyclic) bond motifs is 1. The Morgan fingerprint density at radius 2 is 1.89 bits per heavy atom. The topological polar surface area (TPSA) is 83.8 Å². The van der Waals surface area contributed by atoms with Crippen LogP contribution in [-0.2, 0) is 5.75 Å². The summed E-state index contributed by atoms with van der Waals surface area (Å²) in [7, 11) is 0. The van der Waals surface area contributed by atoms with Crippen LogP contribution in [0.4, 0.5) is 0 Å². The molecule has 28 heavy (non-hydrogen) atoms. The van der Waals surface area contributed by atoms with Gasteiger partial charge in [-0.1, -0.05) is 42.1 Å². The molecular formula is C20H24Cl2N4OS. The Balaban J connectivity index is 0.00000140. The summed E-state index contributed by atoms with van der Waals surface area (Å²) >= 11 is 1.60. The number of para-hydroxylation sites is 2. The number of hydrogen-bond donors (Lipinski definition) is 3. The molecule has 1 aliphatic rings. The number of halogens is 2. The zero-order chi connectivity index (χ0) is 17.9. The number of nitrogens with zero attached hydrogens (tertiary/aromatic N) is 1. The Kier molecular flexibility index (Phi) is 8.19. The van der Waals surface area contributed by atoms with E-state index in [4.69, 9.17) is 5.73 Å². The zero-order valence-electron chi connectivity index (χ0n) is 15.3. The van der Waals surface area contributed by atoms with Gasteiger partial charge in [-0.3, -0.25) is 4.79 Å². The fraction of sp³-hybridized carbons (Fsp3) is 0.300. The van der Waals surface area contributed by atoms with Gasteiger partial charge in [-0.25, -0.2) is 4.98 Å². The van der Waals surface area contributed by atoms with Crippen molar-refractivity contribution in [3.05, 3.63) is 59.7 Å². The number of nitrogens with one attached hydrogen (secondary N) is 2. The minimum Gasteiger partial charge on any atom is -0.350 e. The molecular weight excluding hydrogens is 415 g/mol. The highest BCUT2D eigenvalue weighted by atomic mass is 35.5. The number of imidazole rings is 1. The molecule has 1 aromatic heterocycles. The van der Waals surface area contributed by atoms with Crippen LogP contribution in [0.5, 0.6) is 0 Å². The average Bonchev–Trinajstić information content (AvgIpc) is 3.44. The van der Waals surface area contributed by atoms with Gasteiger partial charge in [0.15, 0.2) is 5.16 Å². The Bertz CT molecular complexity index is 896. The molecule has 4 rings (SSSR count). The lowest BCUT2D eigenvalue weighted by Crippen LogP contribution is -2.38. The number of hydrogen-bond acceptors (Lipinski definition) is 4. The fourth-order valence-electron chi connectivity index (χ4n) is 3.01. The summed E-state index contributed by atoms with van der Waals surface area (Å²) in [6.45, 7) is 0.536. The van der Waals surface area contributed by atoms with E-state index in [2.05, 4.69) is 15.3 Å². The van der Waals surface area contributed by atoms with Crippen molar-refractivity contribution in [1.82, 2.24) is 15.3 Å². The number of aromatic nitrogens is 2. The van der Waals surface area contributed by atoms with E-state index in [0.29, 0.717) is 23.8 Å². The van der Waals surface area contributed by atoms with Crippen LogP contribution in [0.15, 0.2) is 53.7 Å². The molecule has 0 aliphatic heterocycles. The van der Waals surface area contributed by atoms with Crippen molar-refractivity contribution >= 4 is 53.5 Å². The summed E-state index contributed by atoms with van der Waals surface area (Å²) in [6.07, 6.45) is 2.36. The fourth-order valence-corrected chi connectivity index (χ4v) is 3.90. The minimum atomic E-state index is -0.0538. The van der Waals surface area contributed by atoms with Gasteiger partial charge in [0, 0.05) is 23.9 Å². The van der Waals surface area contributed by atoms with Crippen LogP contribution in [0.2, 0.25) is 0 Å². The maximum absolute atomic E-state index is 12.6. The lowest BCUT2D eigenvalue weighted by molar-refractivity contribution is 0.0949. The van der Waals surface area contributed by atoms with E-state index in [1.165, 1.54) is 12.8 Å². The standard InChI is InChI=1S/C20H22N4OS.2ClH/c21-16(13-9-10-13)11-22-19(25)15-6-2-1-5-14(15)12-26-20-23-17-7-3-4-8-18(17)24-20;;/h1-8,13,16H,9-12,21H2,(H,22,25)(H,23,24);2*1H. The highest BCUT2D eigenvalue weighted by molar-refractivity contribution is 7.98. The Morgan fingerprint density at radius 3 is 2.64 bits per heavy atom. The first-order valence-electron chi connectivity index (χ1n) is 8.90. The number of carbonyl (C=O) groups excluding carboxylic acids is 1. The van der Waals surface area contributed by atoms with E-state index in [9.17, 15) is 4.79 Å². The van der Waals surface area contributed by atoms with Gasteiger partial charge in [0.25, 0.3) is 5.91 Å². The number of carbonyl (C=O) groups is 1.